The highest BCUT2D eigenvalue weighted by molar-refractivity contribution is 6.04. The molecular formula is C20H15F2N3O3. The zero-order chi connectivity index (χ0) is 19.5. The molecule has 0 aliphatic carbocycles. The van der Waals surface area contributed by atoms with Crippen LogP contribution in [0, 0.1) is 11.6 Å². The van der Waals surface area contributed by atoms with Crippen LogP contribution in [0.25, 0.3) is 0 Å². The number of hydrogen-bond acceptors (Lipinski definition) is 5. The molecule has 0 radical (unpaired) electrons. The summed E-state index contributed by atoms with van der Waals surface area (Å²) in [5.74, 6) is -0.736. The lowest BCUT2D eigenvalue weighted by Gasteiger charge is -2.19. The minimum atomic E-state index is -1.08. The number of anilines is 3. The lowest BCUT2D eigenvalue weighted by atomic mass is 10.2. The van der Waals surface area contributed by atoms with Gasteiger partial charge in [-0.15, -0.1) is 0 Å². The Kier molecular flexibility index (Phi) is 4.76. The van der Waals surface area contributed by atoms with E-state index in [1.54, 1.807) is 12.1 Å². The second kappa shape index (κ2) is 7.51. The molecule has 3 aromatic rings. The highest BCUT2D eigenvalue weighted by atomic mass is 19.2. The quantitative estimate of drug-likeness (QED) is 0.709. The van der Waals surface area contributed by atoms with Gasteiger partial charge >= 0.3 is 0 Å². The van der Waals surface area contributed by atoms with Crippen molar-refractivity contribution in [2.75, 3.05) is 23.8 Å². The zero-order valence-corrected chi connectivity index (χ0v) is 14.5. The molecule has 1 aliphatic rings. The third-order valence-electron chi connectivity index (χ3n) is 4.02. The van der Waals surface area contributed by atoms with Crippen molar-refractivity contribution in [3.8, 4) is 11.5 Å². The van der Waals surface area contributed by atoms with Gasteiger partial charge in [0.25, 0.3) is 5.91 Å². The van der Waals surface area contributed by atoms with E-state index in [0.717, 1.165) is 17.8 Å². The zero-order valence-electron chi connectivity index (χ0n) is 14.5. The van der Waals surface area contributed by atoms with E-state index in [9.17, 15) is 13.6 Å². The second-order valence-corrected chi connectivity index (χ2v) is 6.00. The summed E-state index contributed by atoms with van der Waals surface area (Å²) in [5, 5.41) is 5.71. The highest BCUT2D eigenvalue weighted by Gasteiger charge is 2.12. The molecule has 28 heavy (non-hydrogen) atoms. The van der Waals surface area contributed by atoms with E-state index < -0.39 is 17.5 Å². The average Bonchev–Trinajstić information content (AvgIpc) is 2.71. The summed E-state index contributed by atoms with van der Waals surface area (Å²) in [6.45, 7) is 1.03. The largest absolute Gasteiger partial charge is 0.486 e. The number of rotatable bonds is 4. The molecule has 0 saturated carbocycles. The van der Waals surface area contributed by atoms with Gasteiger partial charge in [0.05, 0.1) is 11.9 Å². The van der Waals surface area contributed by atoms with Crippen molar-refractivity contribution in [3.05, 3.63) is 71.9 Å². The SMILES string of the molecule is O=C(Nc1ccc(Nc2ccc3c(c2)OCCO3)nc1)c1ccc(F)c(F)c1. The van der Waals surface area contributed by atoms with Crippen molar-refractivity contribution in [1.29, 1.82) is 0 Å². The summed E-state index contributed by atoms with van der Waals surface area (Å²) in [7, 11) is 0. The lowest BCUT2D eigenvalue weighted by Crippen LogP contribution is -2.15. The van der Waals surface area contributed by atoms with Gasteiger partial charge in [-0.1, -0.05) is 0 Å². The number of carbonyl (C=O) groups excluding carboxylic acids is 1. The summed E-state index contributed by atoms with van der Waals surface area (Å²) in [4.78, 5) is 16.4. The van der Waals surface area contributed by atoms with Crippen LogP contribution in [0.5, 0.6) is 11.5 Å². The first-order valence-corrected chi connectivity index (χ1v) is 8.47. The van der Waals surface area contributed by atoms with Gasteiger partial charge in [-0.25, -0.2) is 13.8 Å². The Morgan fingerprint density at radius 3 is 2.43 bits per heavy atom. The van der Waals surface area contributed by atoms with Crippen LogP contribution < -0.4 is 20.1 Å². The van der Waals surface area contributed by atoms with Crippen LogP contribution in [-0.2, 0) is 0 Å². The monoisotopic (exact) mass is 383 g/mol. The molecule has 1 aliphatic heterocycles. The maximum Gasteiger partial charge on any atom is 0.255 e. The third kappa shape index (κ3) is 3.85. The van der Waals surface area contributed by atoms with Crippen LogP contribution in [0.4, 0.5) is 26.0 Å². The first kappa shape index (κ1) is 17.7. The average molecular weight is 383 g/mol. The molecule has 0 atom stereocenters. The Bertz CT molecular complexity index is 1030. The highest BCUT2D eigenvalue weighted by Crippen LogP contribution is 2.33. The van der Waals surface area contributed by atoms with Crippen molar-refractivity contribution in [2.45, 2.75) is 0 Å². The van der Waals surface area contributed by atoms with Gasteiger partial charge in [-0.3, -0.25) is 4.79 Å². The Morgan fingerprint density at radius 2 is 1.68 bits per heavy atom. The van der Waals surface area contributed by atoms with Crippen LogP contribution in [0.1, 0.15) is 10.4 Å². The predicted molar refractivity (Wildman–Crippen MR) is 99.3 cm³/mol. The fourth-order valence-electron chi connectivity index (χ4n) is 2.65. The van der Waals surface area contributed by atoms with Crippen molar-refractivity contribution in [3.63, 3.8) is 0 Å². The van der Waals surface area contributed by atoms with Gasteiger partial charge in [0, 0.05) is 17.3 Å². The molecule has 2 heterocycles. The maximum absolute atomic E-state index is 13.3. The van der Waals surface area contributed by atoms with Crippen LogP contribution in [-0.4, -0.2) is 24.1 Å². The number of amides is 1. The molecular weight excluding hydrogens is 368 g/mol. The standard InChI is InChI=1S/C20H15F2N3O3/c21-15-4-1-12(9-16(15)22)20(26)25-14-3-6-19(23-11-14)24-13-2-5-17-18(10-13)28-8-7-27-17/h1-6,9-11H,7-8H2,(H,23,24)(H,25,26). The van der Waals surface area contributed by atoms with Gasteiger partial charge in [-0.2, -0.15) is 0 Å². The molecule has 0 saturated heterocycles. The first-order valence-electron chi connectivity index (χ1n) is 8.47. The molecule has 1 amide bonds. The first-order chi connectivity index (χ1) is 13.6. The van der Waals surface area contributed by atoms with E-state index in [2.05, 4.69) is 15.6 Å². The molecule has 1 aromatic heterocycles. The van der Waals surface area contributed by atoms with E-state index in [1.165, 1.54) is 12.3 Å². The lowest BCUT2D eigenvalue weighted by molar-refractivity contribution is 0.102. The smallest absolute Gasteiger partial charge is 0.255 e. The normalized spacial score (nSPS) is 12.4. The van der Waals surface area contributed by atoms with Crippen molar-refractivity contribution >= 4 is 23.1 Å². The van der Waals surface area contributed by atoms with E-state index >= 15 is 0 Å². The molecule has 2 N–H and O–H groups in total. The number of fused-ring (bicyclic) bond motifs is 1. The van der Waals surface area contributed by atoms with Gasteiger partial charge < -0.3 is 20.1 Å². The molecule has 0 unspecified atom stereocenters. The Morgan fingerprint density at radius 1 is 0.893 bits per heavy atom. The number of nitrogens with zero attached hydrogens (tertiary/aromatic N) is 1. The van der Waals surface area contributed by atoms with Gasteiger partial charge in [-0.05, 0) is 42.5 Å². The van der Waals surface area contributed by atoms with Crippen LogP contribution >= 0.6 is 0 Å². The Hall–Kier alpha value is -3.68. The number of ether oxygens (including phenoxy) is 2. The Balaban J connectivity index is 1.42. The second-order valence-electron chi connectivity index (χ2n) is 6.00. The molecule has 6 nitrogen and oxygen atoms in total. The fraction of sp³-hybridized carbons (Fsp3) is 0.100. The summed E-state index contributed by atoms with van der Waals surface area (Å²) in [6, 6.07) is 11.7. The third-order valence-corrected chi connectivity index (χ3v) is 4.02. The Labute approximate surface area is 159 Å². The van der Waals surface area contributed by atoms with Crippen molar-refractivity contribution in [2.24, 2.45) is 0 Å². The maximum atomic E-state index is 13.3. The molecule has 142 valence electrons. The number of hydrogen-bond donors (Lipinski definition) is 2. The number of nitrogens with one attached hydrogen (secondary N) is 2. The van der Waals surface area contributed by atoms with E-state index in [4.69, 9.17) is 9.47 Å². The summed E-state index contributed by atoms with van der Waals surface area (Å²) >= 11 is 0. The van der Waals surface area contributed by atoms with Crippen LogP contribution in [0.15, 0.2) is 54.7 Å². The van der Waals surface area contributed by atoms with Crippen molar-refractivity contribution < 1.29 is 23.0 Å². The minimum absolute atomic E-state index is 0.0115. The number of carbonyl (C=O) groups is 1. The molecule has 0 fully saturated rings. The van der Waals surface area contributed by atoms with Crippen LogP contribution in [0.2, 0.25) is 0 Å². The summed E-state index contributed by atoms with van der Waals surface area (Å²) in [6.07, 6.45) is 1.46. The molecule has 2 aromatic carbocycles. The topological polar surface area (TPSA) is 72.5 Å². The summed E-state index contributed by atoms with van der Waals surface area (Å²) in [5.41, 5.74) is 1.20. The van der Waals surface area contributed by atoms with Gasteiger partial charge in [0.2, 0.25) is 0 Å². The van der Waals surface area contributed by atoms with Crippen LogP contribution in [0.3, 0.4) is 0 Å². The van der Waals surface area contributed by atoms with E-state index in [0.29, 0.717) is 36.2 Å². The van der Waals surface area contributed by atoms with Gasteiger partial charge in [0.15, 0.2) is 23.1 Å². The minimum Gasteiger partial charge on any atom is -0.486 e. The predicted octanol–water partition coefficient (Wildman–Crippen LogP) is 4.13. The molecule has 8 heteroatoms. The van der Waals surface area contributed by atoms with E-state index in [1.807, 2.05) is 18.2 Å². The van der Waals surface area contributed by atoms with E-state index in [-0.39, 0.29) is 5.56 Å². The number of halogens is 2. The van der Waals surface area contributed by atoms with Gasteiger partial charge in [0.1, 0.15) is 19.0 Å². The molecule has 4 rings (SSSR count). The van der Waals surface area contributed by atoms with Crippen molar-refractivity contribution in [1.82, 2.24) is 4.98 Å². The molecule has 0 spiro atoms. The number of benzene rings is 2. The molecule has 0 bridgehead atoms. The number of aromatic nitrogens is 1. The summed E-state index contributed by atoms with van der Waals surface area (Å²) < 4.78 is 37.2. The number of pyridine rings is 1. The fourth-order valence-corrected chi connectivity index (χ4v) is 2.65.